The van der Waals surface area contributed by atoms with Gasteiger partial charge in [-0.05, 0) is 36.4 Å². The van der Waals surface area contributed by atoms with Gasteiger partial charge in [0.1, 0.15) is 23.9 Å². The molecule has 1 atom stereocenters. The van der Waals surface area contributed by atoms with Gasteiger partial charge in [-0.2, -0.15) is 0 Å². The lowest BCUT2D eigenvalue weighted by Gasteiger charge is -2.20. The molecule has 8 nitrogen and oxygen atoms in total. The minimum Gasteiger partial charge on any atom is -0.497 e. The van der Waals surface area contributed by atoms with Crippen LogP contribution in [0, 0.1) is 5.92 Å². The molecule has 2 aromatic carbocycles. The predicted molar refractivity (Wildman–Crippen MR) is 117 cm³/mol. The van der Waals surface area contributed by atoms with E-state index >= 15 is 0 Å². The van der Waals surface area contributed by atoms with Gasteiger partial charge in [-0.3, -0.25) is 9.59 Å². The molecule has 0 aliphatic carbocycles. The van der Waals surface area contributed by atoms with E-state index in [0.29, 0.717) is 41.8 Å². The zero-order valence-corrected chi connectivity index (χ0v) is 17.7. The normalized spacial score (nSPS) is 15.4. The van der Waals surface area contributed by atoms with E-state index < -0.39 is 5.92 Å². The third kappa shape index (κ3) is 5.34. The summed E-state index contributed by atoms with van der Waals surface area (Å²) in [6.45, 7) is 1.15. The molecule has 30 heavy (non-hydrogen) atoms. The smallest absolute Gasteiger partial charge is 0.229 e. The van der Waals surface area contributed by atoms with E-state index in [0.717, 1.165) is 0 Å². The quantitative estimate of drug-likeness (QED) is 0.660. The zero-order chi connectivity index (χ0) is 20.8. The summed E-state index contributed by atoms with van der Waals surface area (Å²) in [5.74, 6) is 1.05. The fraction of sp³-hybridized carbons (Fsp3) is 0.333. The molecule has 9 heteroatoms. The van der Waals surface area contributed by atoms with E-state index in [-0.39, 0.29) is 37.2 Å². The summed E-state index contributed by atoms with van der Waals surface area (Å²) in [5, 5.41) is 2.86. The lowest BCUT2D eigenvalue weighted by atomic mass is 10.1. The number of amides is 2. The number of rotatable bonds is 8. The number of halogens is 1. The predicted octanol–water partition coefficient (Wildman–Crippen LogP) is 2.45. The highest BCUT2D eigenvalue weighted by molar-refractivity contribution is 6.04. The molecular weight excluding hydrogens is 410 g/mol. The van der Waals surface area contributed by atoms with Crippen LogP contribution in [0.4, 0.5) is 11.4 Å². The van der Waals surface area contributed by atoms with Gasteiger partial charge >= 0.3 is 0 Å². The number of hydrogen-bond acceptors (Lipinski definition) is 6. The standard InChI is InChI=1S/C21H25N3O5.ClH/c1-27-17-7-8-18(19(12-17)28-2)24-13-14(11-20(24)25)21(26)23-15-3-5-16(6-4-15)29-10-9-22;/h3-8,12,14H,9-11,13,22H2,1-2H3,(H,23,26);1H. The van der Waals surface area contributed by atoms with Crippen LogP contribution < -0.4 is 30.2 Å². The van der Waals surface area contributed by atoms with Crippen molar-refractivity contribution in [1.29, 1.82) is 0 Å². The number of hydrogen-bond donors (Lipinski definition) is 2. The fourth-order valence-corrected chi connectivity index (χ4v) is 3.18. The van der Waals surface area contributed by atoms with Crippen LogP contribution in [0.15, 0.2) is 42.5 Å². The maximum atomic E-state index is 12.7. The SMILES string of the molecule is COc1ccc(N2CC(C(=O)Nc3ccc(OCCN)cc3)CC2=O)c(OC)c1.Cl. The van der Waals surface area contributed by atoms with Gasteiger partial charge in [-0.15, -0.1) is 12.4 Å². The van der Waals surface area contributed by atoms with Crippen LogP contribution in [-0.4, -0.2) is 45.7 Å². The first kappa shape index (κ1) is 23.3. The topological polar surface area (TPSA) is 103 Å². The van der Waals surface area contributed by atoms with Gasteiger partial charge in [0.15, 0.2) is 0 Å². The molecule has 1 fully saturated rings. The Balaban J connectivity index is 0.00000320. The summed E-state index contributed by atoms with van der Waals surface area (Å²) in [7, 11) is 3.09. The average molecular weight is 436 g/mol. The summed E-state index contributed by atoms with van der Waals surface area (Å²) in [4.78, 5) is 26.8. The number of anilines is 2. The minimum atomic E-state index is -0.456. The zero-order valence-electron chi connectivity index (χ0n) is 16.9. The number of carbonyl (C=O) groups is 2. The first-order chi connectivity index (χ1) is 14.0. The van der Waals surface area contributed by atoms with Gasteiger partial charge in [-0.1, -0.05) is 0 Å². The van der Waals surface area contributed by atoms with Crippen molar-refractivity contribution in [3.8, 4) is 17.2 Å². The van der Waals surface area contributed by atoms with E-state index in [1.807, 2.05) is 0 Å². The maximum absolute atomic E-state index is 12.7. The molecule has 3 N–H and O–H groups in total. The van der Waals surface area contributed by atoms with Crippen molar-refractivity contribution in [2.75, 3.05) is 44.1 Å². The Morgan fingerprint density at radius 1 is 1.13 bits per heavy atom. The molecule has 1 unspecified atom stereocenters. The van der Waals surface area contributed by atoms with Crippen molar-refractivity contribution < 1.29 is 23.8 Å². The fourth-order valence-electron chi connectivity index (χ4n) is 3.18. The summed E-state index contributed by atoms with van der Waals surface area (Å²) in [5.41, 5.74) is 6.67. The first-order valence-corrected chi connectivity index (χ1v) is 9.32. The highest BCUT2D eigenvalue weighted by Gasteiger charge is 2.36. The van der Waals surface area contributed by atoms with Crippen LogP contribution >= 0.6 is 12.4 Å². The highest BCUT2D eigenvalue weighted by atomic mass is 35.5. The van der Waals surface area contributed by atoms with Crippen molar-refractivity contribution in [3.05, 3.63) is 42.5 Å². The van der Waals surface area contributed by atoms with Gasteiger partial charge in [0.05, 0.1) is 25.8 Å². The van der Waals surface area contributed by atoms with Crippen LogP contribution in [0.25, 0.3) is 0 Å². The van der Waals surface area contributed by atoms with E-state index in [1.54, 1.807) is 54.5 Å². The Morgan fingerprint density at radius 2 is 1.83 bits per heavy atom. The van der Waals surface area contributed by atoms with Crippen LogP contribution in [0.5, 0.6) is 17.2 Å². The number of methoxy groups -OCH3 is 2. The molecule has 1 saturated heterocycles. The third-order valence-corrected chi connectivity index (χ3v) is 4.68. The second-order valence-corrected chi connectivity index (χ2v) is 6.59. The number of nitrogens with two attached hydrogens (primary N) is 1. The van der Waals surface area contributed by atoms with Crippen molar-refractivity contribution >= 4 is 35.6 Å². The number of benzene rings is 2. The Labute approximate surface area is 181 Å². The molecule has 0 radical (unpaired) electrons. The Kier molecular flexibility index (Phi) is 8.32. The van der Waals surface area contributed by atoms with Crippen molar-refractivity contribution in [2.45, 2.75) is 6.42 Å². The van der Waals surface area contributed by atoms with Gasteiger partial charge < -0.3 is 30.2 Å². The molecule has 162 valence electrons. The average Bonchev–Trinajstić information content (AvgIpc) is 3.14. The molecule has 1 aliphatic rings. The van der Waals surface area contributed by atoms with E-state index in [2.05, 4.69) is 5.32 Å². The monoisotopic (exact) mass is 435 g/mol. The second-order valence-electron chi connectivity index (χ2n) is 6.59. The largest absolute Gasteiger partial charge is 0.497 e. The molecular formula is C21H26ClN3O5. The van der Waals surface area contributed by atoms with Crippen LogP contribution in [0.2, 0.25) is 0 Å². The highest BCUT2D eigenvalue weighted by Crippen LogP contribution is 2.36. The number of carbonyl (C=O) groups excluding carboxylic acids is 2. The Hall–Kier alpha value is -2.97. The number of nitrogens with zero attached hydrogens (tertiary/aromatic N) is 1. The first-order valence-electron chi connectivity index (χ1n) is 9.32. The van der Waals surface area contributed by atoms with Gasteiger partial charge in [-0.25, -0.2) is 0 Å². The summed E-state index contributed by atoms with van der Waals surface area (Å²) >= 11 is 0. The molecule has 0 spiro atoms. The Morgan fingerprint density at radius 3 is 2.47 bits per heavy atom. The van der Waals surface area contributed by atoms with Crippen LogP contribution in [0.3, 0.4) is 0 Å². The molecule has 2 amide bonds. The van der Waals surface area contributed by atoms with E-state index in [1.165, 1.54) is 7.11 Å². The lowest BCUT2D eigenvalue weighted by Crippen LogP contribution is -2.28. The number of nitrogens with one attached hydrogen (secondary N) is 1. The van der Waals surface area contributed by atoms with Crippen LogP contribution in [0.1, 0.15) is 6.42 Å². The van der Waals surface area contributed by atoms with Crippen molar-refractivity contribution in [1.82, 2.24) is 0 Å². The summed E-state index contributed by atoms with van der Waals surface area (Å²) in [6.07, 6.45) is 0.138. The Bertz CT molecular complexity index is 875. The molecule has 1 heterocycles. The van der Waals surface area contributed by atoms with Crippen molar-refractivity contribution in [2.24, 2.45) is 11.7 Å². The van der Waals surface area contributed by atoms with E-state index in [4.69, 9.17) is 19.9 Å². The summed E-state index contributed by atoms with van der Waals surface area (Å²) in [6, 6.07) is 12.3. The molecule has 1 aliphatic heterocycles. The lowest BCUT2D eigenvalue weighted by molar-refractivity contribution is -0.122. The molecule has 0 bridgehead atoms. The van der Waals surface area contributed by atoms with Crippen LogP contribution in [-0.2, 0) is 9.59 Å². The van der Waals surface area contributed by atoms with Gasteiger partial charge in [0.2, 0.25) is 11.8 Å². The molecule has 2 aromatic rings. The molecule has 0 saturated carbocycles. The van der Waals surface area contributed by atoms with Crippen molar-refractivity contribution in [3.63, 3.8) is 0 Å². The number of ether oxygens (including phenoxy) is 3. The van der Waals surface area contributed by atoms with Gasteiger partial charge in [0, 0.05) is 31.3 Å². The summed E-state index contributed by atoms with van der Waals surface area (Å²) < 4.78 is 16.0. The maximum Gasteiger partial charge on any atom is 0.229 e. The third-order valence-electron chi connectivity index (χ3n) is 4.68. The second kappa shape index (κ2) is 10.7. The van der Waals surface area contributed by atoms with E-state index in [9.17, 15) is 9.59 Å². The molecule has 0 aromatic heterocycles. The molecule has 3 rings (SSSR count). The van der Waals surface area contributed by atoms with Gasteiger partial charge in [0.25, 0.3) is 0 Å². The minimum absolute atomic E-state index is 0.